The molecule has 5 heteroatoms. The maximum absolute atomic E-state index is 11.9. The third-order valence-corrected chi connectivity index (χ3v) is 3.67. The summed E-state index contributed by atoms with van der Waals surface area (Å²) in [6, 6.07) is 6.72. The quantitative estimate of drug-likeness (QED) is 0.647. The highest BCUT2D eigenvalue weighted by Gasteiger charge is 2.13. The van der Waals surface area contributed by atoms with E-state index in [1.807, 2.05) is 0 Å². The Balaban J connectivity index is 2.31. The van der Waals surface area contributed by atoms with Gasteiger partial charge < -0.3 is 21.1 Å². The summed E-state index contributed by atoms with van der Waals surface area (Å²) in [7, 11) is 0. The van der Waals surface area contributed by atoms with E-state index in [0.717, 1.165) is 31.6 Å². The second kappa shape index (κ2) is 9.53. The lowest BCUT2D eigenvalue weighted by Gasteiger charge is -2.26. The highest BCUT2D eigenvalue weighted by atomic mass is 16.3. The van der Waals surface area contributed by atoms with Crippen LogP contribution in [0.5, 0.6) is 5.75 Å². The van der Waals surface area contributed by atoms with E-state index in [4.69, 9.17) is 5.73 Å². The molecule has 130 valence electrons. The van der Waals surface area contributed by atoms with Gasteiger partial charge in [0, 0.05) is 26.2 Å². The number of carbonyl (C=O) groups is 1. The molecule has 5 nitrogen and oxygen atoms in total. The Labute approximate surface area is 139 Å². The van der Waals surface area contributed by atoms with Crippen LogP contribution in [0, 0.1) is 5.41 Å². The lowest BCUT2D eigenvalue weighted by Crippen LogP contribution is -2.39. The Morgan fingerprint density at radius 3 is 2.39 bits per heavy atom. The monoisotopic (exact) mass is 321 g/mol. The van der Waals surface area contributed by atoms with Crippen LogP contribution in [0.2, 0.25) is 0 Å². The van der Waals surface area contributed by atoms with Gasteiger partial charge in [-0.1, -0.05) is 32.9 Å². The molecule has 0 heterocycles. The molecule has 0 radical (unpaired) electrons. The van der Waals surface area contributed by atoms with Gasteiger partial charge in [0.05, 0.1) is 6.42 Å². The number of nitrogens with zero attached hydrogens (tertiary/aromatic N) is 1. The molecule has 1 amide bonds. The largest absolute Gasteiger partial charge is 0.508 e. The number of nitrogens with one attached hydrogen (secondary N) is 1. The zero-order valence-corrected chi connectivity index (χ0v) is 14.6. The Morgan fingerprint density at radius 1 is 1.17 bits per heavy atom. The number of hydrogen-bond donors (Lipinski definition) is 3. The second-order valence-electron chi connectivity index (χ2n) is 7.13. The molecule has 0 aromatic heterocycles. The molecule has 0 fully saturated rings. The van der Waals surface area contributed by atoms with E-state index < -0.39 is 0 Å². The van der Waals surface area contributed by atoms with Crippen LogP contribution in [-0.2, 0) is 11.2 Å². The van der Waals surface area contributed by atoms with Crippen LogP contribution in [0.25, 0.3) is 0 Å². The van der Waals surface area contributed by atoms with Crippen molar-refractivity contribution < 1.29 is 9.90 Å². The minimum atomic E-state index is -0.000732. The molecular formula is C18H31N3O2. The van der Waals surface area contributed by atoms with Gasteiger partial charge in [-0.15, -0.1) is 0 Å². The number of rotatable bonds is 9. The molecule has 0 aliphatic heterocycles. The average molecular weight is 321 g/mol. The molecule has 1 rings (SSSR count). The van der Waals surface area contributed by atoms with E-state index in [9.17, 15) is 9.90 Å². The second-order valence-corrected chi connectivity index (χ2v) is 7.13. The third-order valence-electron chi connectivity index (χ3n) is 3.67. The van der Waals surface area contributed by atoms with E-state index in [1.165, 1.54) is 0 Å². The molecule has 0 aliphatic rings. The number of carbonyl (C=O) groups excluding carboxylic acids is 1. The van der Waals surface area contributed by atoms with Gasteiger partial charge in [0.1, 0.15) is 5.75 Å². The number of phenols is 1. The Bertz CT molecular complexity index is 466. The fraction of sp³-hybridized carbons (Fsp3) is 0.611. The molecule has 0 bridgehead atoms. The van der Waals surface area contributed by atoms with E-state index in [-0.39, 0.29) is 11.7 Å². The highest BCUT2D eigenvalue weighted by Crippen LogP contribution is 2.18. The van der Waals surface area contributed by atoms with Crippen molar-refractivity contribution in [2.75, 3.05) is 32.7 Å². The minimum Gasteiger partial charge on any atom is -0.508 e. The van der Waals surface area contributed by atoms with Gasteiger partial charge in [-0.25, -0.2) is 0 Å². The van der Waals surface area contributed by atoms with Crippen molar-refractivity contribution in [2.45, 2.75) is 33.6 Å². The van der Waals surface area contributed by atoms with Crippen LogP contribution >= 0.6 is 0 Å². The molecule has 0 saturated carbocycles. The molecule has 0 unspecified atom stereocenters. The first-order valence-corrected chi connectivity index (χ1v) is 8.27. The summed E-state index contributed by atoms with van der Waals surface area (Å²) < 4.78 is 0. The summed E-state index contributed by atoms with van der Waals surface area (Å²) in [6.45, 7) is 10.6. The minimum absolute atomic E-state index is 0.000732. The van der Waals surface area contributed by atoms with Gasteiger partial charge in [-0.3, -0.25) is 4.79 Å². The summed E-state index contributed by atoms with van der Waals surface area (Å²) in [5, 5.41) is 12.2. The predicted octanol–water partition coefficient (Wildman–Crippen LogP) is 1.75. The molecule has 4 N–H and O–H groups in total. The van der Waals surface area contributed by atoms with Crippen LogP contribution in [-0.4, -0.2) is 48.6 Å². The molecule has 23 heavy (non-hydrogen) atoms. The lowest BCUT2D eigenvalue weighted by molar-refractivity contribution is -0.120. The van der Waals surface area contributed by atoms with Crippen molar-refractivity contribution in [3.05, 3.63) is 29.8 Å². The van der Waals surface area contributed by atoms with E-state index in [2.05, 4.69) is 31.0 Å². The zero-order valence-electron chi connectivity index (χ0n) is 14.6. The number of aromatic hydroxyl groups is 1. The lowest BCUT2D eigenvalue weighted by atomic mass is 9.92. The maximum Gasteiger partial charge on any atom is 0.224 e. The first-order valence-electron chi connectivity index (χ1n) is 8.27. The molecule has 1 aromatic rings. The SMILES string of the molecule is CC(C)(C)CCN(CCN)CCNC(=O)Cc1ccc(O)cc1. The van der Waals surface area contributed by atoms with E-state index >= 15 is 0 Å². The van der Waals surface area contributed by atoms with Gasteiger partial charge in [0.2, 0.25) is 5.91 Å². The van der Waals surface area contributed by atoms with Gasteiger partial charge in [-0.05, 0) is 36.1 Å². The van der Waals surface area contributed by atoms with Crippen molar-refractivity contribution in [3.63, 3.8) is 0 Å². The number of benzene rings is 1. The van der Waals surface area contributed by atoms with Crippen LogP contribution in [0.1, 0.15) is 32.8 Å². The van der Waals surface area contributed by atoms with Crippen molar-refractivity contribution in [3.8, 4) is 5.75 Å². The maximum atomic E-state index is 11.9. The van der Waals surface area contributed by atoms with Crippen LogP contribution in [0.15, 0.2) is 24.3 Å². The summed E-state index contributed by atoms with van der Waals surface area (Å²) in [4.78, 5) is 14.2. The fourth-order valence-corrected chi connectivity index (χ4v) is 2.23. The van der Waals surface area contributed by atoms with Crippen molar-refractivity contribution in [2.24, 2.45) is 11.1 Å². The van der Waals surface area contributed by atoms with Gasteiger partial charge >= 0.3 is 0 Å². The molecule has 0 spiro atoms. The first-order chi connectivity index (χ1) is 10.8. The Kier molecular flexibility index (Phi) is 8.06. The standard InChI is InChI=1S/C18H31N3O2/c1-18(2,3)8-11-21(12-9-19)13-10-20-17(23)14-15-4-6-16(22)7-5-15/h4-7,22H,8-14,19H2,1-3H3,(H,20,23). The highest BCUT2D eigenvalue weighted by molar-refractivity contribution is 5.78. The number of phenolic OH excluding ortho intramolecular Hbond substituents is 1. The van der Waals surface area contributed by atoms with Gasteiger partial charge in [0.25, 0.3) is 0 Å². The summed E-state index contributed by atoms with van der Waals surface area (Å²) >= 11 is 0. The smallest absolute Gasteiger partial charge is 0.224 e. The predicted molar refractivity (Wildman–Crippen MR) is 94.4 cm³/mol. The average Bonchev–Trinajstić information content (AvgIpc) is 2.46. The van der Waals surface area contributed by atoms with E-state index in [0.29, 0.717) is 24.9 Å². The number of hydrogen-bond acceptors (Lipinski definition) is 4. The first kappa shape index (κ1) is 19.5. The van der Waals surface area contributed by atoms with Crippen molar-refractivity contribution >= 4 is 5.91 Å². The van der Waals surface area contributed by atoms with Gasteiger partial charge in [0.15, 0.2) is 0 Å². The van der Waals surface area contributed by atoms with Crippen molar-refractivity contribution in [1.82, 2.24) is 10.2 Å². The Hall–Kier alpha value is -1.59. The topological polar surface area (TPSA) is 78.6 Å². The molecule has 0 aliphatic carbocycles. The molecule has 0 saturated heterocycles. The summed E-state index contributed by atoms with van der Waals surface area (Å²) in [5.74, 6) is 0.213. The Morgan fingerprint density at radius 2 is 1.83 bits per heavy atom. The molecule has 1 aromatic carbocycles. The fourth-order valence-electron chi connectivity index (χ4n) is 2.23. The zero-order chi connectivity index (χ0) is 17.3. The molecular weight excluding hydrogens is 290 g/mol. The van der Waals surface area contributed by atoms with E-state index in [1.54, 1.807) is 24.3 Å². The normalized spacial score (nSPS) is 11.7. The number of amides is 1. The van der Waals surface area contributed by atoms with Crippen LogP contribution < -0.4 is 11.1 Å². The summed E-state index contributed by atoms with van der Waals surface area (Å²) in [6.07, 6.45) is 1.44. The number of nitrogens with two attached hydrogens (primary N) is 1. The van der Waals surface area contributed by atoms with Crippen LogP contribution in [0.4, 0.5) is 0 Å². The third kappa shape index (κ3) is 9.21. The van der Waals surface area contributed by atoms with Crippen LogP contribution in [0.3, 0.4) is 0 Å². The summed E-state index contributed by atoms with van der Waals surface area (Å²) in [5.41, 5.74) is 6.86. The van der Waals surface area contributed by atoms with Gasteiger partial charge in [-0.2, -0.15) is 0 Å². The van der Waals surface area contributed by atoms with Crippen molar-refractivity contribution in [1.29, 1.82) is 0 Å². The molecule has 0 atom stereocenters.